The number of benzene rings is 2. The summed E-state index contributed by atoms with van der Waals surface area (Å²) in [6.45, 7) is 1.79. The number of carbonyl (C=O) groups excluding carboxylic acids is 1. The zero-order valence-electron chi connectivity index (χ0n) is 12.8. The molecule has 3 rings (SSSR count). The highest BCUT2D eigenvalue weighted by Gasteiger charge is 2.16. The fourth-order valence-electron chi connectivity index (χ4n) is 2.55. The molecule has 0 aliphatic rings. The highest BCUT2D eigenvalue weighted by molar-refractivity contribution is 6.06. The average Bonchev–Trinajstić information content (AvgIpc) is 2.90. The third-order valence-electron chi connectivity index (χ3n) is 3.71. The number of nitrogens with one attached hydrogen (secondary N) is 2. The van der Waals surface area contributed by atoms with Crippen LogP contribution in [0.15, 0.2) is 40.8 Å². The second-order valence-corrected chi connectivity index (χ2v) is 5.13. The van der Waals surface area contributed by atoms with Gasteiger partial charge in [0.05, 0.1) is 12.8 Å². The number of para-hydroxylation sites is 1. The third-order valence-corrected chi connectivity index (χ3v) is 3.71. The summed E-state index contributed by atoms with van der Waals surface area (Å²) in [5.74, 6) is 0.585. The predicted octanol–water partition coefficient (Wildman–Crippen LogP) is 3.14. The molecule has 0 radical (unpaired) electrons. The lowest BCUT2D eigenvalue weighted by atomic mass is 10.1. The number of amides is 1. The molecule has 0 unspecified atom stereocenters. The van der Waals surface area contributed by atoms with E-state index in [0.29, 0.717) is 5.75 Å². The van der Waals surface area contributed by atoms with Crippen molar-refractivity contribution in [1.82, 2.24) is 5.32 Å². The van der Waals surface area contributed by atoms with Crippen LogP contribution in [0.25, 0.3) is 21.9 Å². The van der Waals surface area contributed by atoms with E-state index in [-0.39, 0.29) is 11.9 Å². The summed E-state index contributed by atoms with van der Waals surface area (Å²) in [5.41, 5.74) is 2.31. The van der Waals surface area contributed by atoms with E-state index in [2.05, 4.69) is 10.6 Å². The van der Waals surface area contributed by atoms with Crippen molar-refractivity contribution in [1.29, 1.82) is 0 Å². The number of methoxy groups -OCH3 is 1. The first kappa shape index (κ1) is 14.3. The van der Waals surface area contributed by atoms with Crippen molar-refractivity contribution in [2.24, 2.45) is 0 Å². The van der Waals surface area contributed by atoms with Crippen LogP contribution in [-0.4, -0.2) is 26.1 Å². The van der Waals surface area contributed by atoms with Gasteiger partial charge in [-0.05, 0) is 19.1 Å². The van der Waals surface area contributed by atoms with Crippen LogP contribution in [0.4, 0.5) is 5.69 Å². The van der Waals surface area contributed by atoms with Gasteiger partial charge in [-0.15, -0.1) is 0 Å². The Bertz CT molecular complexity index is 838. The van der Waals surface area contributed by atoms with Gasteiger partial charge < -0.3 is 19.8 Å². The van der Waals surface area contributed by atoms with E-state index in [1.165, 1.54) is 0 Å². The van der Waals surface area contributed by atoms with E-state index in [1.54, 1.807) is 21.1 Å². The van der Waals surface area contributed by atoms with Gasteiger partial charge in [0.2, 0.25) is 5.91 Å². The Morgan fingerprint density at radius 3 is 2.68 bits per heavy atom. The topological polar surface area (TPSA) is 63.5 Å². The number of fused-ring (bicyclic) bond motifs is 3. The van der Waals surface area contributed by atoms with Crippen molar-refractivity contribution in [3.8, 4) is 5.75 Å². The molecule has 0 spiro atoms. The van der Waals surface area contributed by atoms with Crippen molar-refractivity contribution in [3.05, 3.63) is 36.4 Å². The minimum atomic E-state index is -0.374. The Kier molecular flexibility index (Phi) is 3.63. The van der Waals surface area contributed by atoms with Gasteiger partial charge in [-0.2, -0.15) is 0 Å². The number of ether oxygens (including phenoxy) is 1. The lowest BCUT2D eigenvalue weighted by molar-refractivity contribution is -0.121. The Balaban J connectivity index is 2.10. The van der Waals surface area contributed by atoms with Crippen molar-refractivity contribution in [2.75, 3.05) is 19.5 Å². The van der Waals surface area contributed by atoms with Gasteiger partial charge in [0, 0.05) is 23.9 Å². The van der Waals surface area contributed by atoms with Crippen LogP contribution in [0.2, 0.25) is 0 Å². The zero-order valence-corrected chi connectivity index (χ0v) is 12.8. The maximum atomic E-state index is 11.7. The summed E-state index contributed by atoms with van der Waals surface area (Å²) in [5, 5.41) is 7.80. The van der Waals surface area contributed by atoms with Crippen LogP contribution in [0.5, 0.6) is 5.75 Å². The summed E-state index contributed by atoms with van der Waals surface area (Å²) in [4.78, 5) is 11.7. The molecule has 0 fully saturated rings. The normalized spacial score (nSPS) is 12.3. The second kappa shape index (κ2) is 5.60. The molecule has 22 heavy (non-hydrogen) atoms. The molecule has 1 atom stereocenters. The first-order valence-corrected chi connectivity index (χ1v) is 7.11. The van der Waals surface area contributed by atoms with E-state index in [0.717, 1.165) is 27.6 Å². The summed E-state index contributed by atoms with van der Waals surface area (Å²) >= 11 is 0. The van der Waals surface area contributed by atoms with Gasteiger partial charge in [0.15, 0.2) is 0 Å². The highest BCUT2D eigenvalue weighted by atomic mass is 16.5. The Hall–Kier alpha value is -2.69. The minimum Gasteiger partial charge on any atom is -0.495 e. The summed E-state index contributed by atoms with van der Waals surface area (Å²) in [7, 11) is 3.22. The average molecular weight is 298 g/mol. The molecule has 5 nitrogen and oxygen atoms in total. The van der Waals surface area contributed by atoms with Crippen LogP contribution in [-0.2, 0) is 4.79 Å². The SMILES string of the molecule is CNC(=O)[C@@H](C)Nc1cc2oc3ccccc3c2cc1OC. The number of furan rings is 1. The molecule has 0 saturated heterocycles. The second-order valence-electron chi connectivity index (χ2n) is 5.13. The fourth-order valence-corrected chi connectivity index (χ4v) is 2.55. The van der Waals surface area contributed by atoms with Crippen LogP contribution in [0.1, 0.15) is 6.92 Å². The first-order chi connectivity index (χ1) is 10.6. The van der Waals surface area contributed by atoms with Gasteiger partial charge in [-0.1, -0.05) is 18.2 Å². The number of hydrogen-bond acceptors (Lipinski definition) is 4. The molecule has 0 aliphatic carbocycles. The molecule has 0 aliphatic heterocycles. The van der Waals surface area contributed by atoms with Crippen molar-refractivity contribution in [2.45, 2.75) is 13.0 Å². The molecular weight excluding hydrogens is 280 g/mol. The maximum Gasteiger partial charge on any atom is 0.241 e. The van der Waals surface area contributed by atoms with Crippen LogP contribution < -0.4 is 15.4 Å². The zero-order chi connectivity index (χ0) is 15.7. The Labute approximate surface area is 128 Å². The monoisotopic (exact) mass is 298 g/mol. The quantitative estimate of drug-likeness (QED) is 0.776. The predicted molar refractivity (Wildman–Crippen MR) is 87.4 cm³/mol. The van der Waals surface area contributed by atoms with Crippen molar-refractivity contribution in [3.63, 3.8) is 0 Å². The van der Waals surface area contributed by atoms with Gasteiger partial charge >= 0.3 is 0 Å². The Morgan fingerprint density at radius 1 is 1.18 bits per heavy atom. The van der Waals surface area contributed by atoms with E-state index in [9.17, 15) is 4.79 Å². The lowest BCUT2D eigenvalue weighted by Gasteiger charge is -2.16. The van der Waals surface area contributed by atoms with Crippen LogP contribution in [0.3, 0.4) is 0 Å². The van der Waals surface area contributed by atoms with E-state index in [1.807, 2.05) is 36.4 Å². The molecule has 0 bridgehead atoms. The molecule has 0 saturated carbocycles. The van der Waals surface area contributed by atoms with Gasteiger partial charge in [0.1, 0.15) is 23.0 Å². The third kappa shape index (κ3) is 2.35. The molecule has 3 aromatic rings. The highest BCUT2D eigenvalue weighted by Crippen LogP contribution is 2.36. The van der Waals surface area contributed by atoms with Crippen molar-refractivity contribution < 1.29 is 13.9 Å². The van der Waals surface area contributed by atoms with Gasteiger partial charge in [-0.3, -0.25) is 4.79 Å². The molecule has 1 aromatic heterocycles. The standard InChI is InChI=1S/C17H18N2O3/c1-10(17(20)18-2)19-13-9-15-12(8-16(13)21-3)11-6-4-5-7-14(11)22-15/h4-10,19H,1-3H3,(H,18,20)/t10-/m1/s1. The maximum absolute atomic E-state index is 11.7. The first-order valence-electron chi connectivity index (χ1n) is 7.11. The number of hydrogen-bond donors (Lipinski definition) is 2. The Morgan fingerprint density at radius 2 is 1.95 bits per heavy atom. The van der Waals surface area contributed by atoms with Crippen molar-refractivity contribution >= 4 is 33.5 Å². The molecule has 114 valence electrons. The van der Waals surface area contributed by atoms with Crippen LogP contribution >= 0.6 is 0 Å². The largest absolute Gasteiger partial charge is 0.495 e. The van der Waals surface area contributed by atoms with E-state index in [4.69, 9.17) is 9.15 Å². The number of carbonyl (C=O) groups is 1. The molecule has 2 aromatic carbocycles. The van der Waals surface area contributed by atoms with Gasteiger partial charge in [0.25, 0.3) is 0 Å². The lowest BCUT2D eigenvalue weighted by Crippen LogP contribution is -2.35. The fraction of sp³-hybridized carbons (Fsp3) is 0.235. The van der Waals surface area contributed by atoms with Gasteiger partial charge in [-0.25, -0.2) is 0 Å². The number of likely N-dealkylation sites (N-methyl/N-ethyl adjacent to an activating group) is 1. The molecule has 1 heterocycles. The summed E-state index contributed by atoms with van der Waals surface area (Å²) in [6, 6.07) is 11.3. The summed E-state index contributed by atoms with van der Waals surface area (Å²) in [6.07, 6.45) is 0. The molecule has 2 N–H and O–H groups in total. The molecular formula is C17H18N2O3. The van der Waals surface area contributed by atoms with Crippen LogP contribution in [0, 0.1) is 0 Å². The van der Waals surface area contributed by atoms with E-state index >= 15 is 0 Å². The molecule has 1 amide bonds. The number of anilines is 1. The smallest absolute Gasteiger partial charge is 0.241 e. The van der Waals surface area contributed by atoms with E-state index < -0.39 is 0 Å². The molecule has 5 heteroatoms. The summed E-state index contributed by atoms with van der Waals surface area (Å²) < 4.78 is 11.3. The number of rotatable bonds is 4. The minimum absolute atomic E-state index is 0.0910.